The maximum atomic E-state index is 6.09. The van der Waals surface area contributed by atoms with Gasteiger partial charge in [-0.2, -0.15) is 0 Å². The molecule has 4 rings (SSSR count). The smallest absolute Gasteiger partial charge is 0.174 e. The first-order valence-electron chi connectivity index (χ1n) is 9.25. The molecule has 136 valence electrons. The van der Waals surface area contributed by atoms with Crippen LogP contribution in [0, 0.1) is 6.92 Å². The average Bonchev–Trinajstić information content (AvgIpc) is 3.29. The van der Waals surface area contributed by atoms with E-state index in [2.05, 4.69) is 62.2 Å². The molecule has 0 amide bonds. The number of nitrogens with one attached hydrogen (secondary N) is 1. The van der Waals surface area contributed by atoms with Gasteiger partial charge in [0.25, 0.3) is 0 Å². The molecular weight excluding hydrogens is 332 g/mol. The molecule has 27 heavy (non-hydrogen) atoms. The summed E-state index contributed by atoms with van der Waals surface area (Å²) in [4.78, 5) is 8.10. The summed E-state index contributed by atoms with van der Waals surface area (Å²) in [7, 11) is 0. The summed E-state index contributed by atoms with van der Waals surface area (Å²) in [5.74, 6) is 2.35. The number of benzene rings is 2. The number of aromatic nitrogens is 2. The molecule has 3 heteroatoms. The molecule has 0 bridgehead atoms. The highest BCUT2D eigenvalue weighted by Crippen LogP contribution is 2.31. The quantitative estimate of drug-likeness (QED) is 0.449. The van der Waals surface area contributed by atoms with E-state index in [1.165, 1.54) is 5.56 Å². The van der Waals surface area contributed by atoms with Crippen LogP contribution < -0.4 is 0 Å². The molecule has 0 unspecified atom stereocenters. The van der Waals surface area contributed by atoms with Gasteiger partial charge in [-0.3, -0.25) is 0 Å². The summed E-state index contributed by atoms with van der Waals surface area (Å²) in [5.41, 5.74) is 5.61. The summed E-state index contributed by atoms with van der Waals surface area (Å²) in [6.45, 7) is 8.69. The summed E-state index contributed by atoms with van der Waals surface area (Å²) in [6, 6.07) is 22.7. The zero-order chi connectivity index (χ0) is 19.0. The molecule has 4 aromatic rings. The average molecular weight is 356 g/mol. The van der Waals surface area contributed by atoms with Gasteiger partial charge in [0.1, 0.15) is 5.76 Å². The van der Waals surface area contributed by atoms with E-state index in [1.807, 2.05) is 37.3 Å². The van der Waals surface area contributed by atoms with Crippen molar-refractivity contribution in [1.82, 2.24) is 9.97 Å². The molecule has 2 heterocycles. The highest BCUT2D eigenvalue weighted by atomic mass is 16.3. The van der Waals surface area contributed by atoms with Crippen molar-refractivity contribution in [2.24, 2.45) is 0 Å². The molecular formula is C24H24N2O. The third-order valence-corrected chi connectivity index (χ3v) is 4.81. The summed E-state index contributed by atoms with van der Waals surface area (Å²) in [6.07, 6.45) is 0. The second-order valence-corrected chi connectivity index (χ2v) is 7.92. The van der Waals surface area contributed by atoms with Crippen molar-refractivity contribution in [1.29, 1.82) is 0 Å². The van der Waals surface area contributed by atoms with Crippen molar-refractivity contribution in [3.8, 4) is 34.2 Å². The lowest BCUT2D eigenvalue weighted by Gasteiger charge is -2.18. The third kappa shape index (κ3) is 3.45. The Hall–Kier alpha value is -3.07. The normalized spacial score (nSPS) is 11.7. The van der Waals surface area contributed by atoms with Gasteiger partial charge in [-0.15, -0.1) is 0 Å². The van der Waals surface area contributed by atoms with E-state index in [0.29, 0.717) is 0 Å². The first-order valence-corrected chi connectivity index (χ1v) is 9.25. The van der Waals surface area contributed by atoms with Gasteiger partial charge < -0.3 is 9.40 Å². The van der Waals surface area contributed by atoms with Gasteiger partial charge in [-0.1, -0.05) is 75.4 Å². The van der Waals surface area contributed by atoms with E-state index in [4.69, 9.17) is 9.40 Å². The fourth-order valence-corrected chi connectivity index (χ4v) is 3.21. The minimum Gasteiger partial charge on any atom is -0.453 e. The second-order valence-electron chi connectivity index (χ2n) is 7.92. The number of imidazole rings is 1. The Labute approximate surface area is 160 Å². The lowest BCUT2D eigenvalue weighted by atomic mass is 9.86. The Balaban J connectivity index is 1.64. The topological polar surface area (TPSA) is 41.8 Å². The molecule has 1 N–H and O–H groups in total. The van der Waals surface area contributed by atoms with Crippen LogP contribution in [0.15, 0.2) is 71.1 Å². The van der Waals surface area contributed by atoms with E-state index in [1.54, 1.807) is 0 Å². The van der Waals surface area contributed by atoms with Crippen LogP contribution in [-0.2, 0) is 5.41 Å². The Morgan fingerprint density at radius 1 is 0.778 bits per heavy atom. The van der Waals surface area contributed by atoms with Crippen LogP contribution in [0.4, 0.5) is 0 Å². The number of aromatic amines is 1. The number of aryl methyl sites for hydroxylation is 1. The maximum absolute atomic E-state index is 6.09. The fraction of sp³-hybridized carbons (Fsp3) is 0.208. The van der Waals surface area contributed by atoms with Crippen LogP contribution in [0.25, 0.3) is 34.2 Å². The number of furan rings is 1. The van der Waals surface area contributed by atoms with E-state index in [-0.39, 0.29) is 5.41 Å². The van der Waals surface area contributed by atoms with Crippen molar-refractivity contribution in [2.45, 2.75) is 33.1 Å². The molecule has 0 radical (unpaired) electrons. The first-order chi connectivity index (χ1) is 12.9. The number of hydrogen-bond donors (Lipinski definition) is 1. The summed E-state index contributed by atoms with van der Waals surface area (Å²) < 4.78 is 6.09. The van der Waals surface area contributed by atoms with Crippen molar-refractivity contribution in [3.05, 3.63) is 78.0 Å². The van der Waals surface area contributed by atoms with Gasteiger partial charge in [-0.25, -0.2) is 4.98 Å². The number of hydrogen-bond acceptors (Lipinski definition) is 2. The van der Waals surface area contributed by atoms with Gasteiger partial charge in [-0.05, 0) is 30.0 Å². The van der Waals surface area contributed by atoms with Gasteiger partial charge in [0.15, 0.2) is 11.6 Å². The van der Waals surface area contributed by atoms with Crippen molar-refractivity contribution >= 4 is 0 Å². The Morgan fingerprint density at radius 3 is 2.11 bits per heavy atom. The van der Waals surface area contributed by atoms with E-state index < -0.39 is 0 Å². The molecule has 2 aromatic carbocycles. The van der Waals surface area contributed by atoms with Gasteiger partial charge in [0.2, 0.25) is 0 Å². The Bertz CT molecular complexity index is 1050. The molecule has 0 atom stereocenters. The predicted octanol–water partition coefficient (Wildman–Crippen LogP) is 6.61. The van der Waals surface area contributed by atoms with Gasteiger partial charge in [0.05, 0.1) is 5.69 Å². The van der Waals surface area contributed by atoms with Crippen LogP contribution in [0.3, 0.4) is 0 Å². The van der Waals surface area contributed by atoms with Crippen molar-refractivity contribution in [2.75, 3.05) is 0 Å². The molecule has 0 spiro atoms. The first kappa shape index (κ1) is 17.3. The SMILES string of the molecule is Cc1[nH]c(-c2ccc(-c3ccc(C(C)(C)C)cc3)o2)nc1-c1ccccc1. The predicted molar refractivity (Wildman–Crippen MR) is 111 cm³/mol. The largest absolute Gasteiger partial charge is 0.453 e. The molecule has 0 fully saturated rings. The van der Waals surface area contributed by atoms with E-state index in [9.17, 15) is 0 Å². The molecule has 0 saturated carbocycles. The lowest BCUT2D eigenvalue weighted by molar-refractivity contribution is 0.587. The molecule has 0 aliphatic carbocycles. The van der Waals surface area contributed by atoms with Crippen LogP contribution in [0.1, 0.15) is 32.0 Å². The molecule has 0 aliphatic rings. The monoisotopic (exact) mass is 356 g/mol. The molecule has 3 nitrogen and oxygen atoms in total. The summed E-state index contributed by atoms with van der Waals surface area (Å²) in [5, 5.41) is 0. The van der Waals surface area contributed by atoms with Crippen molar-refractivity contribution < 1.29 is 4.42 Å². The maximum Gasteiger partial charge on any atom is 0.174 e. The minimum atomic E-state index is 0.145. The number of H-pyrrole nitrogens is 1. The zero-order valence-electron chi connectivity index (χ0n) is 16.2. The number of nitrogens with zero attached hydrogens (tertiary/aromatic N) is 1. The van der Waals surface area contributed by atoms with Crippen LogP contribution in [-0.4, -0.2) is 9.97 Å². The van der Waals surface area contributed by atoms with Gasteiger partial charge in [0, 0.05) is 16.8 Å². The summed E-state index contributed by atoms with van der Waals surface area (Å²) >= 11 is 0. The minimum absolute atomic E-state index is 0.145. The lowest BCUT2D eigenvalue weighted by Crippen LogP contribution is -2.10. The van der Waals surface area contributed by atoms with Crippen LogP contribution in [0.2, 0.25) is 0 Å². The Kier molecular flexibility index (Phi) is 4.23. The fourth-order valence-electron chi connectivity index (χ4n) is 3.21. The van der Waals surface area contributed by atoms with Gasteiger partial charge >= 0.3 is 0 Å². The number of rotatable bonds is 3. The van der Waals surface area contributed by atoms with Crippen LogP contribution in [0.5, 0.6) is 0 Å². The van der Waals surface area contributed by atoms with Crippen LogP contribution >= 0.6 is 0 Å². The third-order valence-electron chi connectivity index (χ3n) is 4.81. The zero-order valence-corrected chi connectivity index (χ0v) is 16.2. The van der Waals surface area contributed by atoms with E-state index in [0.717, 1.165) is 39.9 Å². The van der Waals surface area contributed by atoms with E-state index >= 15 is 0 Å². The molecule has 0 aliphatic heterocycles. The molecule has 0 saturated heterocycles. The second kappa shape index (κ2) is 6.58. The Morgan fingerprint density at radius 2 is 1.44 bits per heavy atom. The highest BCUT2D eigenvalue weighted by Gasteiger charge is 2.16. The molecule has 2 aromatic heterocycles. The highest BCUT2D eigenvalue weighted by molar-refractivity contribution is 5.67. The van der Waals surface area contributed by atoms with Crippen molar-refractivity contribution in [3.63, 3.8) is 0 Å². The standard InChI is InChI=1S/C24H24N2O/c1-16-22(18-8-6-5-7-9-18)26-23(25-16)21-15-14-20(27-21)17-10-12-19(13-11-17)24(2,3)4/h5-15H,1-4H3,(H,25,26).